The van der Waals surface area contributed by atoms with Gasteiger partial charge in [-0.2, -0.15) is 0 Å². The lowest BCUT2D eigenvalue weighted by atomic mass is 10.1. The van der Waals surface area contributed by atoms with Crippen LogP contribution in [-0.4, -0.2) is 37.7 Å². The predicted octanol–water partition coefficient (Wildman–Crippen LogP) is 3.65. The summed E-state index contributed by atoms with van der Waals surface area (Å²) in [6.45, 7) is 3.75. The maximum absolute atomic E-state index is 12.5. The summed E-state index contributed by atoms with van der Waals surface area (Å²) in [5.74, 6) is 0.252. The van der Waals surface area contributed by atoms with E-state index in [1.54, 1.807) is 30.3 Å². The highest BCUT2D eigenvalue weighted by Crippen LogP contribution is 2.17. The summed E-state index contributed by atoms with van der Waals surface area (Å²) >= 11 is 0. The van der Waals surface area contributed by atoms with Gasteiger partial charge in [-0.25, -0.2) is 0 Å². The molecule has 3 rings (SSSR count). The van der Waals surface area contributed by atoms with Gasteiger partial charge < -0.3 is 20.1 Å². The van der Waals surface area contributed by atoms with Gasteiger partial charge in [0.25, 0.3) is 5.91 Å². The number of anilines is 1. The van der Waals surface area contributed by atoms with Gasteiger partial charge in [0.15, 0.2) is 0 Å². The Bertz CT molecular complexity index is 855. The molecule has 2 aromatic rings. The van der Waals surface area contributed by atoms with Gasteiger partial charge in [0.05, 0.1) is 24.0 Å². The highest BCUT2D eigenvalue weighted by molar-refractivity contribution is 6.07. The molecule has 0 aromatic heterocycles. The number of nitrogens with one attached hydrogen (secondary N) is 2. The Morgan fingerprint density at radius 3 is 2.69 bits per heavy atom. The largest absolute Gasteiger partial charge is 0.494 e. The lowest BCUT2D eigenvalue weighted by molar-refractivity contribution is -0.111. The molecular formula is C23H26N2O4. The van der Waals surface area contributed by atoms with Crippen LogP contribution in [0.5, 0.6) is 5.75 Å². The van der Waals surface area contributed by atoms with Crippen LogP contribution in [0.15, 0.2) is 54.6 Å². The van der Waals surface area contributed by atoms with Crippen molar-refractivity contribution in [1.29, 1.82) is 0 Å². The van der Waals surface area contributed by atoms with E-state index in [1.807, 2.05) is 31.2 Å². The minimum atomic E-state index is -0.307. The molecular weight excluding hydrogens is 368 g/mol. The average Bonchev–Trinajstić information content (AvgIpc) is 3.26. The zero-order valence-electron chi connectivity index (χ0n) is 16.5. The summed E-state index contributed by atoms with van der Waals surface area (Å²) in [6, 6.07) is 14.4. The first-order valence-electron chi connectivity index (χ1n) is 9.86. The Morgan fingerprint density at radius 2 is 1.97 bits per heavy atom. The summed E-state index contributed by atoms with van der Waals surface area (Å²) in [4.78, 5) is 24.8. The lowest BCUT2D eigenvalue weighted by Crippen LogP contribution is -2.32. The first kappa shape index (κ1) is 20.6. The van der Waals surface area contributed by atoms with Crippen LogP contribution in [0.1, 0.15) is 35.7 Å². The second-order valence-corrected chi connectivity index (χ2v) is 6.72. The Kier molecular flexibility index (Phi) is 7.41. The van der Waals surface area contributed by atoms with E-state index in [2.05, 4.69) is 10.6 Å². The first-order valence-corrected chi connectivity index (χ1v) is 9.86. The van der Waals surface area contributed by atoms with Crippen molar-refractivity contribution in [2.75, 3.05) is 25.1 Å². The molecule has 1 unspecified atom stereocenters. The molecule has 2 amide bonds. The molecule has 0 radical (unpaired) electrons. The van der Waals surface area contributed by atoms with Crippen LogP contribution in [0, 0.1) is 0 Å². The molecule has 29 heavy (non-hydrogen) atoms. The van der Waals surface area contributed by atoms with Crippen molar-refractivity contribution >= 4 is 23.6 Å². The zero-order chi connectivity index (χ0) is 20.5. The van der Waals surface area contributed by atoms with E-state index in [1.165, 1.54) is 6.08 Å². The first-order chi connectivity index (χ1) is 14.2. The molecule has 0 saturated carbocycles. The molecule has 1 aliphatic rings. The van der Waals surface area contributed by atoms with E-state index < -0.39 is 0 Å². The van der Waals surface area contributed by atoms with Crippen molar-refractivity contribution in [3.8, 4) is 5.75 Å². The van der Waals surface area contributed by atoms with E-state index in [0.717, 1.165) is 30.8 Å². The number of ether oxygens (including phenoxy) is 2. The van der Waals surface area contributed by atoms with Gasteiger partial charge in [0.1, 0.15) is 5.75 Å². The molecule has 1 atom stereocenters. The van der Waals surface area contributed by atoms with Gasteiger partial charge in [-0.3, -0.25) is 9.59 Å². The monoisotopic (exact) mass is 394 g/mol. The van der Waals surface area contributed by atoms with Crippen LogP contribution in [-0.2, 0) is 9.53 Å². The van der Waals surface area contributed by atoms with Crippen LogP contribution in [0.4, 0.5) is 5.69 Å². The normalized spacial score (nSPS) is 16.0. The van der Waals surface area contributed by atoms with Crippen molar-refractivity contribution in [2.45, 2.75) is 25.9 Å². The number of amides is 2. The summed E-state index contributed by atoms with van der Waals surface area (Å²) in [5, 5.41) is 5.66. The van der Waals surface area contributed by atoms with Crippen molar-refractivity contribution < 1.29 is 19.1 Å². The van der Waals surface area contributed by atoms with Crippen molar-refractivity contribution in [2.24, 2.45) is 0 Å². The number of hydrogen-bond donors (Lipinski definition) is 2. The van der Waals surface area contributed by atoms with E-state index in [9.17, 15) is 9.59 Å². The molecule has 1 aliphatic heterocycles. The zero-order valence-corrected chi connectivity index (χ0v) is 16.5. The average molecular weight is 394 g/mol. The maximum atomic E-state index is 12.5. The molecule has 0 spiro atoms. The summed E-state index contributed by atoms with van der Waals surface area (Å²) < 4.78 is 10.9. The maximum Gasteiger partial charge on any atom is 0.253 e. The molecule has 0 bridgehead atoms. The molecule has 6 nitrogen and oxygen atoms in total. The van der Waals surface area contributed by atoms with Crippen LogP contribution in [0.25, 0.3) is 6.08 Å². The number of carbonyl (C=O) groups excluding carboxylic acids is 2. The molecule has 1 saturated heterocycles. The predicted molar refractivity (Wildman–Crippen MR) is 113 cm³/mol. The highest BCUT2D eigenvalue weighted by atomic mass is 16.5. The van der Waals surface area contributed by atoms with Gasteiger partial charge >= 0.3 is 0 Å². The summed E-state index contributed by atoms with van der Waals surface area (Å²) in [5.41, 5.74) is 1.78. The van der Waals surface area contributed by atoms with E-state index >= 15 is 0 Å². The van der Waals surface area contributed by atoms with Crippen LogP contribution in [0.2, 0.25) is 0 Å². The lowest BCUT2D eigenvalue weighted by Gasteiger charge is -2.13. The molecule has 1 fully saturated rings. The third-order valence-electron chi connectivity index (χ3n) is 4.56. The minimum Gasteiger partial charge on any atom is -0.494 e. The third kappa shape index (κ3) is 6.19. The molecule has 1 heterocycles. The summed E-state index contributed by atoms with van der Waals surface area (Å²) in [6.07, 6.45) is 5.20. The van der Waals surface area contributed by atoms with Gasteiger partial charge in [0, 0.05) is 19.2 Å². The fourth-order valence-corrected chi connectivity index (χ4v) is 3.09. The van der Waals surface area contributed by atoms with E-state index in [4.69, 9.17) is 9.47 Å². The second-order valence-electron chi connectivity index (χ2n) is 6.72. The standard InChI is InChI=1S/C23H26N2O4/c1-2-28-18-12-9-17(10-13-18)11-14-22(26)25-21-8-4-3-7-20(21)23(27)24-16-19-6-5-15-29-19/h3-4,7-14,19H,2,5-6,15-16H2,1H3,(H,24,27)(H,25,26)/b14-11+. The number of rotatable bonds is 8. The Morgan fingerprint density at radius 1 is 1.17 bits per heavy atom. The SMILES string of the molecule is CCOc1ccc(/C=C/C(=O)Nc2ccccc2C(=O)NCC2CCCO2)cc1. The van der Waals surface area contributed by atoms with E-state index in [0.29, 0.717) is 24.4 Å². The Hall–Kier alpha value is -3.12. The number of hydrogen-bond acceptors (Lipinski definition) is 4. The highest BCUT2D eigenvalue weighted by Gasteiger charge is 2.18. The third-order valence-corrected chi connectivity index (χ3v) is 4.56. The molecule has 2 N–H and O–H groups in total. The fraction of sp³-hybridized carbons (Fsp3) is 0.304. The van der Waals surface area contributed by atoms with Crippen LogP contribution >= 0.6 is 0 Å². The molecule has 6 heteroatoms. The van der Waals surface area contributed by atoms with Gasteiger partial charge in [-0.05, 0) is 55.7 Å². The number of benzene rings is 2. The molecule has 152 valence electrons. The topological polar surface area (TPSA) is 76.7 Å². The minimum absolute atomic E-state index is 0.0674. The van der Waals surface area contributed by atoms with Crippen molar-refractivity contribution in [3.05, 3.63) is 65.7 Å². The Labute approximate surface area is 170 Å². The van der Waals surface area contributed by atoms with Crippen molar-refractivity contribution in [3.63, 3.8) is 0 Å². The number of carbonyl (C=O) groups is 2. The molecule has 0 aliphatic carbocycles. The van der Waals surface area contributed by atoms with Gasteiger partial charge in [-0.15, -0.1) is 0 Å². The quantitative estimate of drug-likeness (QED) is 0.670. The van der Waals surface area contributed by atoms with Gasteiger partial charge in [0.2, 0.25) is 5.91 Å². The fourth-order valence-electron chi connectivity index (χ4n) is 3.09. The second kappa shape index (κ2) is 10.4. The van der Waals surface area contributed by atoms with Crippen molar-refractivity contribution in [1.82, 2.24) is 5.32 Å². The van der Waals surface area contributed by atoms with E-state index in [-0.39, 0.29) is 17.9 Å². The smallest absolute Gasteiger partial charge is 0.253 e. The molecule has 2 aromatic carbocycles. The number of para-hydroxylation sites is 1. The van der Waals surface area contributed by atoms with Crippen LogP contribution < -0.4 is 15.4 Å². The van der Waals surface area contributed by atoms with Gasteiger partial charge in [-0.1, -0.05) is 24.3 Å². The van der Waals surface area contributed by atoms with Crippen LogP contribution in [0.3, 0.4) is 0 Å². The summed E-state index contributed by atoms with van der Waals surface area (Å²) in [7, 11) is 0. The Balaban J connectivity index is 1.58.